The largest absolute Gasteiger partial charge is 0.449 e. The quantitative estimate of drug-likeness (QED) is 0.546. The van der Waals surface area contributed by atoms with E-state index in [2.05, 4.69) is 9.46 Å². The Bertz CT molecular complexity index is 315. The molecule has 0 aliphatic heterocycles. The molecule has 7 nitrogen and oxygen atoms in total. The van der Waals surface area contributed by atoms with E-state index >= 15 is 0 Å². The second-order valence-electron chi connectivity index (χ2n) is 2.95. The lowest BCUT2D eigenvalue weighted by atomic mass is 10.7. The highest BCUT2D eigenvalue weighted by molar-refractivity contribution is 7.88. The first-order valence-corrected chi connectivity index (χ1v) is 5.65. The molecule has 0 bridgehead atoms. The molecule has 0 aromatic heterocycles. The van der Waals surface area contributed by atoms with Crippen LogP contribution < -0.4 is 15.2 Å². The highest BCUT2D eigenvalue weighted by atomic mass is 32.2. The molecule has 2 unspecified atom stereocenters. The third kappa shape index (κ3) is 3.48. The number of nitrogens with one attached hydrogen (secondary N) is 2. The summed E-state index contributed by atoms with van der Waals surface area (Å²) in [4.78, 5) is 10.8. The summed E-state index contributed by atoms with van der Waals surface area (Å²) in [6.45, 7) is 1.70. The number of ether oxygens (including phenoxy) is 1. The van der Waals surface area contributed by atoms with Gasteiger partial charge in [0.25, 0.3) is 0 Å². The fourth-order valence-electron chi connectivity index (χ4n) is 0.849. The molecule has 0 saturated heterocycles. The molecule has 1 aliphatic rings. The van der Waals surface area contributed by atoms with Gasteiger partial charge in [-0.2, -0.15) is 13.1 Å². The SMILES string of the molecule is CCOC(=O)NS(=O)(=O)NC1CC1N. The van der Waals surface area contributed by atoms with Crippen LogP contribution in [-0.4, -0.2) is 33.2 Å². The Morgan fingerprint density at radius 2 is 2.21 bits per heavy atom. The molecule has 1 aliphatic carbocycles. The maximum Gasteiger partial charge on any atom is 0.421 e. The summed E-state index contributed by atoms with van der Waals surface area (Å²) in [7, 11) is -3.83. The zero-order chi connectivity index (χ0) is 10.8. The Hall–Kier alpha value is -0.860. The Morgan fingerprint density at radius 1 is 1.64 bits per heavy atom. The van der Waals surface area contributed by atoms with Gasteiger partial charge in [0.15, 0.2) is 0 Å². The van der Waals surface area contributed by atoms with Crippen molar-refractivity contribution in [3.63, 3.8) is 0 Å². The molecule has 0 heterocycles. The molecule has 1 fully saturated rings. The second kappa shape index (κ2) is 4.11. The monoisotopic (exact) mass is 223 g/mol. The van der Waals surface area contributed by atoms with Crippen molar-refractivity contribution in [3.8, 4) is 0 Å². The Morgan fingerprint density at radius 3 is 2.64 bits per heavy atom. The van der Waals surface area contributed by atoms with Crippen molar-refractivity contribution in [2.24, 2.45) is 5.73 Å². The Kier molecular flexibility index (Phi) is 3.29. The lowest BCUT2D eigenvalue weighted by Gasteiger charge is -2.06. The van der Waals surface area contributed by atoms with Gasteiger partial charge in [0.2, 0.25) is 0 Å². The van der Waals surface area contributed by atoms with Crippen LogP contribution in [0.1, 0.15) is 13.3 Å². The van der Waals surface area contributed by atoms with E-state index in [4.69, 9.17) is 5.73 Å². The van der Waals surface area contributed by atoms with Gasteiger partial charge >= 0.3 is 16.3 Å². The maximum absolute atomic E-state index is 11.1. The van der Waals surface area contributed by atoms with Gasteiger partial charge in [0.1, 0.15) is 0 Å². The van der Waals surface area contributed by atoms with Crippen LogP contribution in [0, 0.1) is 0 Å². The number of rotatable bonds is 4. The van der Waals surface area contributed by atoms with Gasteiger partial charge in [-0.15, -0.1) is 0 Å². The summed E-state index contributed by atoms with van der Waals surface area (Å²) in [5, 5.41) is 0. The topological polar surface area (TPSA) is 111 Å². The van der Waals surface area contributed by atoms with E-state index in [1.807, 2.05) is 0 Å². The van der Waals surface area contributed by atoms with Crippen LogP contribution >= 0.6 is 0 Å². The smallest absolute Gasteiger partial charge is 0.421 e. The summed E-state index contributed by atoms with van der Waals surface area (Å²) in [6, 6.07) is -0.435. The molecule has 0 aromatic rings. The molecular formula is C6H13N3O4S. The number of hydrogen-bond donors (Lipinski definition) is 3. The van der Waals surface area contributed by atoms with Crippen LogP contribution in [0.5, 0.6) is 0 Å². The van der Waals surface area contributed by atoms with Gasteiger partial charge in [-0.05, 0) is 13.3 Å². The molecule has 8 heteroatoms. The van der Waals surface area contributed by atoms with Crippen LogP contribution in [-0.2, 0) is 14.9 Å². The van der Waals surface area contributed by atoms with E-state index in [1.54, 1.807) is 11.6 Å². The second-order valence-corrected chi connectivity index (χ2v) is 4.40. The van der Waals surface area contributed by atoms with Crippen LogP contribution in [0.25, 0.3) is 0 Å². The molecule has 2 atom stereocenters. The normalized spacial score (nSPS) is 25.6. The van der Waals surface area contributed by atoms with E-state index in [-0.39, 0.29) is 18.7 Å². The first kappa shape index (κ1) is 11.2. The van der Waals surface area contributed by atoms with Gasteiger partial charge in [-0.1, -0.05) is 0 Å². The number of carbonyl (C=O) groups excluding carboxylic acids is 1. The van der Waals surface area contributed by atoms with Crippen molar-refractivity contribution in [1.82, 2.24) is 9.44 Å². The highest BCUT2D eigenvalue weighted by Gasteiger charge is 2.37. The van der Waals surface area contributed by atoms with Crippen molar-refractivity contribution in [2.75, 3.05) is 6.61 Å². The van der Waals surface area contributed by atoms with E-state index in [1.165, 1.54) is 0 Å². The molecule has 4 N–H and O–H groups in total. The first-order chi connectivity index (χ1) is 6.44. The zero-order valence-electron chi connectivity index (χ0n) is 7.69. The summed E-state index contributed by atoms with van der Waals surface area (Å²) < 4.78 is 30.6. The fraction of sp³-hybridized carbons (Fsp3) is 0.833. The molecule has 82 valence electrons. The number of hydrogen-bond acceptors (Lipinski definition) is 5. The van der Waals surface area contributed by atoms with Crippen LogP contribution in [0.4, 0.5) is 4.79 Å². The van der Waals surface area contributed by atoms with Crippen LogP contribution in [0.15, 0.2) is 0 Å². The number of nitrogens with two attached hydrogens (primary N) is 1. The van der Waals surface area contributed by atoms with Crippen molar-refractivity contribution in [2.45, 2.75) is 25.4 Å². The lowest BCUT2D eigenvalue weighted by molar-refractivity contribution is 0.158. The summed E-state index contributed by atoms with van der Waals surface area (Å²) in [5.41, 5.74) is 5.39. The van der Waals surface area contributed by atoms with Crippen molar-refractivity contribution < 1.29 is 17.9 Å². The minimum Gasteiger partial charge on any atom is -0.449 e. The highest BCUT2D eigenvalue weighted by Crippen LogP contribution is 2.18. The predicted octanol–water partition coefficient (Wildman–Crippen LogP) is -1.33. The van der Waals surface area contributed by atoms with Gasteiger partial charge < -0.3 is 10.5 Å². The molecule has 14 heavy (non-hydrogen) atoms. The van der Waals surface area contributed by atoms with E-state index in [0.717, 1.165) is 0 Å². The third-order valence-corrected chi connectivity index (χ3v) is 2.69. The van der Waals surface area contributed by atoms with E-state index in [0.29, 0.717) is 6.42 Å². The third-order valence-electron chi connectivity index (χ3n) is 1.64. The minimum atomic E-state index is -3.83. The number of amides is 1. The summed E-state index contributed by atoms with van der Waals surface area (Å²) in [5.74, 6) is 0. The Labute approximate surface area is 82.2 Å². The van der Waals surface area contributed by atoms with Gasteiger partial charge in [0, 0.05) is 12.1 Å². The molecule has 0 aromatic carbocycles. The van der Waals surface area contributed by atoms with Crippen molar-refractivity contribution in [1.29, 1.82) is 0 Å². The molecule has 0 radical (unpaired) electrons. The predicted molar refractivity (Wildman–Crippen MR) is 48.6 cm³/mol. The number of carbonyl (C=O) groups is 1. The standard InChI is InChI=1S/C6H13N3O4S/c1-2-13-6(10)9-14(11,12)8-5-3-4(5)7/h4-5,8H,2-3,7H2,1H3,(H,9,10). The molecule has 0 spiro atoms. The zero-order valence-corrected chi connectivity index (χ0v) is 8.50. The van der Waals surface area contributed by atoms with Crippen molar-refractivity contribution in [3.05, 3.63) is 0 Å². The van der Waals surface area contributed by atoms with Crippen molar-refractivity contribution >= 4 is 16.3 Å². The van der Waals surface area contributed by atoms with Crippen LogP contribution in [0.2, 0.25) is 0 Å². The summed E-state index contributed by atoms with van der Waals surface area (Å²) >= 11 is 0. The minimum absolute atomic E-state index is 0.115. The van der Waals surface area contributed by atoms with E-state index < -0.39 is 16.3 Å². The average Bonchev–Trinajstić information content (AvgIpc) is 2.63. The average molecular weight is 223 g/mol. The molecule has 1 saturated carbocycles. The van der Waals surface area contributed by atoms with Gasteiger partial charge in [0.05, 0.1) is 6.61 Å². The lowest BCUT2D eigenvalue weighted by Crippen LogP contribution is -2.42. The molecule has 1 rings (SSSR count). The van der Waals surface area contributed by atoms with Gasteiger partial charge in [-0.3, -0.25) is 0 Å². The maximum atomic E-state index is 11.1. The molecule has 1 amide bonds. The Balaban J connectivity index is 2.37. The van der Waals surface area contributed by atoms with Crippen LogP contribution in [0.3, 0.4) is 0 Å². The van der Waals surface area contributed by atoms with E-state index in [9.17, 15) is 13.2 Å². The first-order valence-electron chi connectivity index (χ1n) is 4.17. The fourth-order valence-corrected chi connectivity index (χ4v) is 1.86. The molecular weight excluding hydrogens is 210 g/mol. The van der Waals surface area contributed by atoms with Gasteiger partial charge in [-0.25, -0.2) is 9.52 Å². The summed E-state index contributed by atoms with van der Waals surface area (Å²) in [6.07, 6.45) is -0.404.